The molecule has 0 aliphatic rings. The summed E-state index contributed by atoms with van der Waals surface area (Å²) >= 11 is 0. The van der Waals surface area contributed by atoms with Crippen molar-refractivity contribution < 1.29 is 14.7 Å². The molecule has 3 heteroatoms. The molecule has 3 nitrogen and oxygen atoms in total. The van der Waals surface area contributed by atoms with Gasteiger partial charge in [0, 0.05) is 5.56 Å². The zero-order chi connectivity index (χ0) is 14.8. The number of aliphatic carboxylic acids is 1. The maximum Gasteiger partial charge on any atom is 0.377 e. The highest BCUT2D eigenvalue weighted by Gasteiger charge is 2.13. The second kappa shape index (κ2) is 9.08. The van der Waals surface area contributed by atoms with E-state index in [9.17, 15) is 9.59 Å². The van der Waals surface area contributed by atoms with Gasteiger partial charge in [0.05, 0.1) is 0 Å². The molecule has 0 saturated heterocycles. The van der Waals surface area contributed by atoms with Gasteiger partial charge in [-0.25, -0.2) is 4.79 Å². The first-order valence-corrected chi connectivity index (χ1v) is 7.19. The number of allylic oxidation sites excluding steroid dienone is 1. The van der Waals surface area contributed by atoms with Gasteiger partial charge in [-0.05, 0) is 24.5 Å². The summed E-state index contributed by atoms with van der Waals surface area (Å²) in [6, 6.07) is 6.71. The average Bonchev–Trinajstić information content (AvgIpc) is 2.45. The third kappa shape index (κ3) is 5.83. The van der Waals surface area contributed by atoms with E-state index in [1.54, 1.807) is 12.1 Å². The Morgan fingerprint density at radius 2 is 1.90 bits per heavy atom. The van der Waals surface area contributed by atoms with Crippen molar-refractivity contribution in [1.82, 2.24) is 0 Å². The average molecular weight is 274 g/mol. The number of hydrogen-bond donors (Lipinski definition) is 1. The number of hydrogen-bond acceptors (Lipinski definition) is 2. The van der Waals surface area contributed by atoms with E-state index in [4.69, 9.17) is 5.11 Å². The maximum absolute atomic E-state index is 11.3. The van der Waals surface area contributed by atoms with Crippen molar-refractivity contribution in [3.63, 3.8) is 0 Å². The third-order valence-corrected chi connectivity index (χ3v) is 3.13. The fourth-order valence-corrected chi connectivity index (χ4v) is 1.99. The van der Waals surface area contributed by atoms with Crippen LogP contribution in [0.5, 0.6) is 0 Å². The first-order chi connectivity index (χ1) is 9.65. The smallest absolute Gasteiger partial charge is 0.377 e. The molecule has 0 unspecified atom stereocenters. The Labute approximate surface area is 120 Å². The van der Waals surface area contributed by atoms with Crippen LogP contribution < -0.4 is 0 Å². The predicted molar refractivity (Wildman–Crippen MR) is 80.8 cm³/mol. The lowest BCUT2D eigenvalue weighted by Crippen LogP contribution is -2.12. The lowest BCUT2D eigenvalue weighted by atomic mass is 10.1. The molecule has 0 aliphatic carbocycles. The van der Waals surface area contributed by atoms with Crippen LogP contribution in [0, 0.1) is 0 Å². The molecule has 0 heterocycles. The summed E-state index contributed by atoms with van der Waals surface area (Å²) in [4.78, 5) is 22.0. The fourth-order valence-electron chi connectivity index (χ4n) is 1.99. The van der Waals surface area contributed by atoms with Crippen LogP contribution in [0.4, 0.5) is 0 Å². The van der Waals surface area contributed by atoms with Crippen LogP contribution in [0.25, 0.3) is 6.08 Å². The molecule has 1 aromatic carbocycles. The lowest BCUT2D eigenvalue weighted by Gasteiger charge is -1.99. The highest BCUT2D eigenvalue weighted by atomic mass is 16.4. The molecular formula is C17H22O3. The number of carbonyl (C=O) groups excluding carboxylic acids is 1. The van der Waals surface area contributed by atoms with Gasteiger partial charge in [-0.2, -0.15) is 0 Å². The summed E-state index contributed by atoms with van der Waals surface area (Å²) in [5, 5.41) is 8.68. The Kier molecular flexibility index (Phi) is 7.33. The number of ketones is 1. The zero-order valence-corrected chi connectivity index (χ0v) is 12.0. The summed E-state index contributed by atoms with van der Waals surface area (Å²) in [5.41, 5.74) is 1.09. The molecule has 0 saturated carbocycles. The molecular weight excluding hydrogens is 252 g/mol. The molecule has 0 bridgehead atoms. The van der Waals surface area contributed by atoms with Crippen molar-refractivity contribution in [2.75, 3.05) is 0 Å². The van der Waals surface area contributed by atoms with E-state index in [2.05, 4.69) is 13.0 Å². The fraction of sp³-hybridized carbons (Fsp3) is 0.412. The number of carbonyl (C=O) groups is 2. The molecule has 0 radical (unpaired) electrons. The normalized spacial score (nSPS) is 10.8. The number of benzene rings is 1. The minimum absolute atomic E-state index is 0.225. The van der Waals surface area contributed by atoms with E-state index in [0.717, 1.165) is 12.0 Å². The molecule has 0 aromatic heterocycles. The van der Waals surface area contributed by atoms with E-state index in [1.807, 2.05) is 12.1 Å². The van der Waals surface area contributed by atoms with Crippen LogP contribution in [0.1, 0.15) is 61.4 Å². The predicted octanol–water partition coefficient (Wildman–Crippen LogP) is 4.33. The SMILES string of the molecule is CCCCCCCC=Cc1cccc(C(=O)C(=O)O)c1. The monoisotopic (exact) mass is 274 g/mol. The van der Waals surface area contributed by atoms with Crippen LogP contribution >= 0.6 is 0 Å². The van der Waals surface area contributed by atoms with Gasteiger partial charge in [0.1, 0.15) is 0 Å². The second-order valence-corrected chi connectivity index (χ2v) is 4.86. The largest absolute Gasteiger partial charge is 0.475 e. The minimum atomic E-state index is -1.41. The molecule has 0 fully saturated rings. The van der Waals surface area contributed by atoms with Gasteiger partial charge in [-0.1, -0.05) is 63.0 Å². The van der Waals surface area contributed by atoms with Crippen molar-refractivity contribution >= 4 is 17.8 Å². The summed E-state index contributed by atoms with van der Waals surface area (Å²) < 4.78 is 0. The number of unbranched alkanes of at least 4 members (excludes halogenated alkanes) is 5. The Bertz CT molecular complexity index is 475. The minimum Gasteiger partial charge on any atom is -0.475 e. The Morgan fingerprint density at radius 3 is 2.60 bits per heavy atom. The number of carboxylic acid groups (broad SMARTS) is 1. The van der Waals surface area contributed by atoms with Gasteiger partial charge in [0.2, 0.25) is 0 Å². The van der Waals surface area contributed by atoms with E-state index in [0.29, 0.717) is 0 Å². The van der Waals surface area contributed by atoms with E-state index < -0.39 is 11.8 Å². The number of carboxylic acids is 1. The van der Waals surface area contributed by atoms with Crippen molar-refractivity contribution in [1.29, 1.82) is 0 Å². The molecule has 0 atom stereocenters. The van der Waals surface area contributed by atoms with Gasteiger partial charge in [-0.15, -0.1) is 0 Å². The topological polar surface area (TPSA) is 54.4 Å². The van der Waals surface area contributed by atoms with Gasteiger partial charge < -0.3 is 5.11 Å². The summed E-state index contributed by atoms with van der Waals surface area (Å²) in [6.45, 7) is 2.20. The van der Waals surface area contributed by atoms with Crippen LogP contribution in [0.15, 0.2) is 30.3 Å². The Hall–Kier alpha value is -1.90. The third-order valence-electron chi connectivity index (χ3n) is 3.13. The van der Waals surface area contributed by atoms with Gasteiger partial charge in [0.15, 0.2) is 0 Å². The van der Waals surface area contributed by atoms with Crippen LogP contribution in [0.2, 0.25) is 0 Å². The molecule has 1 N–H and O–H groups in total. The first kappa shape index (κ1) is 16.2. The Morgan fingerprint density at radius 1 is 1.15 bits per heavy atom. The summed E-state index contributed by atoms with van der Waals surface area (Å²) in [5.74, 6) is -2.28. The highest BCUT2D eigenvalue weighted by Crippen LogP contribution is 2.10. The van der Waals surface area contributed by atoms with E-state index >= 15 is 0 Å². The van der Waals surface area contributed by atoms with Gasteiger partial charge >= 0.3 is 5.97 Å². The molecule has 1 aromatic rings. The van der Waals surface area contributed by atoms with Crippen molar-refractivity contribution in [2.45, 2.75) is 45.4 Å². The van der Waals surface area contributed by atoms with Crippen molar-refractivity contribution in [3.05, 3.63) is 41.5 Å². The summed E-state index contributed by atoms with van der Waals surface area (Å²) in [7, 11) is 0. The highest BCUT2D eigenvalue weighted by molar-refractivity contribution is 6.39. The quantitative estimate of drug-likeness (QED) is 0.414. The zero-order valence-electron chi connectivity index (χ0n) is 12.0. The van der Waals surface area contributed by atoms with Crippen molar-refractivity contribution in [3.8, 4) is 0 Å². The standard InChI is InChI=1S/C17H22O3/c1-2-3-4-5-6-7-8-10-14-11-9-12-15(13-14)16(18)17(19)20/h8-13H,2-7H2,1H3,(H,19,20). The van der Waals surface area contributed by atoms with E-state index in [-0.39, 0.29) is 5.56 Å². The maximum atomic E-state index is 11.3. The summed E-state index contributed by atoms with van der Waals surface area (Å²) in [6.07, 6.45) is 11.3. The van der Waals surface area contributed by atoms with Gasteiger partial charge in [-0.3, -0.25) is 4.79 Å². The number of Topliss-reactive ketones (excluding diaryl/α,β-unsaturated/α-hetero) is 1. The van der Waals surface area contributed by atoms with E-state index in [1.165, 1.54) is 38.2 Å². The van der Waals surface area contributed by atoms with Crippen LogP contribution in [-0.2, 0) is 4.79 Å². The molecule has 0 spiro atoms. The van der Waals surface area contributed by atoms with Crippen LogP contribution in [0.3, 0.4) is 0 Å². The van der Waals surface area contributed by atoms with Crippen molar-refractivity contribution in [2.24, 2.45) is 0 Å². The lowest BCUT2D eigenvalue weighted by molar-refractivity contribution is -0.131. The first-order valence-electron chi connectivity index (χ1n) is 7.19. The Balaban J connectivity index is 2.46. The molecule has 1 rings (SSSR count). The molecule has 0 amide bonds. The number of rotatable bonds is 9. The second-order valence-electron chi connectivity index (χ2n) is 4.86. The molecule has 0 aliphatic heterocycles. The van der Waals surface area contributed by atoms with Crippen LogP contribution in [-0.4, -0.2) is 16.9 Å². The van der Waals surface area contributed by atoms with Gasteiger partial charge in [0.25, 0.3) is 5.78 Å². The molecule has 108 valence electrons. The molecule has 20 heavy (non-hydrogen) atoms.